The molecule has 2 aromatic heterocycles. The zero-order chi connectivity index (χ0) is 18.1. The van der Waals surface area contributed by atoms with E-state index in [0.29, 0.717) is 12.4 Å². The number of rotatable bonds is 5. The zero-order valence-corrected chi connectivity index (χ0v) is 17.0. The van der Waals surface area contributed by atoms with Crippen LogP contribution in [0.15, 0.2) is 5.16 Å². The first kappa shape index (κ1) is 18.4. The number of nitrogens with two attached hydrogens (primary N) is 1. The van der Waals surface area contributed by atoms with E-state index in [4.69, 9.17) is 20.2 Å². The maximum atomic E-state index is 6.34. The molecule has 6 nitrogen and oxygen atoms in total. The van der Waals surface area contributed by atoms with Gasteiger partial charge in [-0.3, -0.25) is 4.90 Å². The van der Waals surface area contributed by atoms with E-state index in [1.54, 1.807) is 23.1 Å². The van der Waals surface area contributed by atoms with Gasteiger partial charge in [0.05, 0.1) is 30.8 Å². The summed E-state index contributed by atoms with van der Waals surface area (Å²) in [5.41, 5.74) is 7.53. The molecule has 2 N–H and O–H groups in total. The molecule has 0 amide bonds. The summed E-state index contributed by atoms with van der Waals surface area (Å²) >= 11 is 3.39. The van der Waals surface area contributed by atoms with Gasteiger partial charge in [-0.15, -0.1) is 11.3 Å². The van der Waals surface area contributed by atoms with Crippen molar-refractivity contribution in [2.24, 2.45) is 0 Å². The lowest BCUT2D eigenvalue weighted by Crippen LogP contribution is -2.37. The summed E-state index contributed by atoms with van der Waals surface area (Å²) in [6, 6.07) is 0. The van der Waals surface area contributed by atoms with E-state index < -0.39 is 0 Å². The molecule has 1 saturated heterocycles. The van der Waals surface area contributed by atoms with Crippen molar-refractivity contribution in [3.05, 3.63) is 10.4 Å². The standard InChI is InChI=1S/C18H26N4O2S2/c1-3-18(2)10-12-13(11-24-18)26-16-14(12)15(19)20-17(21-16)25-9-6-22-4-7-23-8-5-22/h3-11H2,1-2H3,(H2,19,20,21)/t18-/m0/s1. The molecule has 0 aliphatic carbocycles. The molecule has 4 rings (SSSR count). The molecule has 0 saturated carbocycles. The number of morpholine rings is 1. The lowest BCUT2D eigenvalue weighted by atomic mass is 9.90. The van der Waals surface area contributed by atoms with E-state index in [9.17, 15) is 0 Å². The predicted molar refractivity (Wildman–Crippen MR) is 107 cm³/mol. The van der Waals surface area contributed by atoms with Gasteiger partial charge in [0.2, 0.25) is 0 Å². The van der Waals surface area contributed by atoms with Crippen LogP contribution in [0.4, 0.5) is 5.82 Å². The summed E-state index contributed by atoms with van der Waals surface area (Å²) in [6.45, 7) is 9.71. The number of nitrogens with zero attached hydrogens (tertiary/aromatic N) is 3. The van der Waals surface area contributed by atoms with Gasteiger partial charge in [0.1, 0.15) is 10.6 Å². The molecule has 1 fully saturated rings. The van der Waals surface area contributed by atoms with Gasteiger partial charge in [0, 0.05) is 36.7 Å². The molecule has 8 heteroatoms. The Balaban J connectivity index is 1.50. The third-order valence-electron chi connectivity index (χ3n) is 5.33. The second kappa shape index (κ2) is 7.59. The fraction of sp³-hybridized carbons (Fsp3) is 0.667. The Labute approximate surface area is 162 Å². The number of thiophene rings is 1. The highest BCUT2D eigenvalue weighted by molar-refractivity contribution is 7.99. The molecule has 26 heavy (non-hydrogen) atoms. The monoisotopic (exact) mass is 394 g/mol. The number of hydrogen-bond acceptors (Lipinski definition) is 8. The van der Waals surface area contributed by atoms with Crippen LogP contribution in [0, 0.1) is 0 Å². The Kier molecular flexibility index (Phi) is 5.38. The van der Waals surface area contributed by atoms with Crippen LogP contribution in [0.25, 0.3) is 10.2 Å². The molecule has 0 unspecified atom stereocenters. The van der Waals surface area contributed by atoms with E-state index in [1.165, 1.54) is 10.4 Å². The molecule has 2 aliphatic heterocycles. The highest BCUT2D eigenvalue weighted by Crippen LogP contribution is 2.41. The van der Waals surface area contributed by atoms with Crippen LogP contribution in [0.3, 0.4) is 0 Å². The molecule has 0 spiro atoms. The first-order valence-electron chi connectivity index (χ1n) is 9.22. The van der Waals surface area contributed by atoms with Gasteiger partial charge in [0.15, 0.2) is 5.16 Å². The molecule has 4 heterocycles. The first-order valence-corrected chi connectivity index (χ1v) is 11.0. The van der Waals surface area contributed by atoms with Crippen molar-refractivity contribution in [2.45, 2.75) is 44.1 Å². The second-order valence-corrected chi connectivity index (χ2v) is 9.29. The molecular weight excluding hydrogens is 368 g/mol. The second-order valence-electron chi connectivity index (χ2n) is 7.15. The average Bonchev–Trinajstić information content (AvgIpc) is 3.00. The number of aromatic nitrogens is 2. The average molecular weight is 395 g/mol. The number of anilines is 1. The Morgan fingerprint density at radius 1 is 1.31 bits per heavy atom. The van der Waals surface area contributed by atoms with E-state index >= 15 is 0 Å². The molecule has 2 aliphatic rings. The van der Waals surface area contributed by atoms with Crippen LogP contribution in [-0.4, -0.2) is 59.1 Å². The van der Waals surface area contributed by atoms with Crippen LogP contribution in [0.5, 0.6) is 0 Å². The number of hydrogen-bond donors (Lipinski definition) is 1. The van der Waals surface area contributed by atoms with Gasteiger partial charge in [-0.25, -0.2) is 9.97 Å². The smallest absolute Gasteiger partial charge is 0.190 e. The third kappa shape index (κ3) is 3.71. The summed E-state index contributed by atoms with van der Waals surface area (Å²) < 4.78 is 11.5. The number of fused-ring (bicyclic) bond motifs is 3. The Morgan fingerprint density at radius 2 is 2.12 bits per heavy atom. The van der Waals surface area contributed by atoms with Gasteiger partial charge in [0.25, 0.3) is 0 Å². The Bertz CT molecular complexity index is 791. The van der Waals surface area contributed by atoms with Gasteiger partial charge >= 0.3 is 0 Å². The van der Waals surface area contributed by atoms with Crippen LogP contribution in [-0.2, 0) is 22.5 Å². The van der Waals surface area contributed by atoms with E-state index in [2.05, 4.69) is 23.7 Å². The third-order valence-corrected chi connectivity index (χ3v) is 7.26. The van der Waals surface area contributed by atoms with E-state index in [-0.39, 0.29) is 5.60 Å². The summed E-state index contributed by atoms with van der Waals surface area (Å²) in [4.78, 5) is 14.1. The van der Waals surface area contributed by atoms with Crippen molar-refractivity contribution in [1.29, 1.82) is 0 Å². The van der Waals surface area contributed by atoms with E-state index in [1.807, 2.05) is 0 Å². The molecule has 2 aromatic rings. The Hall–Kier alpha value is -0.930. The first-order chi connectivity index (χ1) is 12.6. The van der Waals surface area contributed by atoms with Crippen molar-refractivity contribution in [3.8, 4) is 0 Å². The molecule has 0 bridgehead atoms. The fourth-order valence-corrected chi connectivity index (χ4v) is 5.48. The minimum absolute atomic E-state index is 0.112. The topological polar surface area (TPSA) is 73.5 Å². The number of thioether (sulfide) groups is 1. The van der Waals surface area contributed by atoms with Gasteiger partial charge in [-0.1, -0.05) is 18.7 Å². The molecule has 142 valence electrons. The van der Waals surface area contributed by atoms with Crippen LogP contribution in [0.2, 0.25) is 0 Å². The minimum Gasteiger partial charge on any atom is -0.383 e. The van der Waals surface area contributed by atoms with Crippen molar-refractivity contribution < 1.29 is 9.47 Å². The van der Waals surface area contributed by atoms with Gasteiger partial charge < -0.3 is 15.2 Å². The molecule has 1 atom stereocenters. The van der Waals surface area contributed by atoms with Crippen molar-refractivity contribution in [1.82, 2.24) is 14.9 Å². The number of ether oxygens (including phenoxy) is 2. The molecular formula is C18H26N4O2S2. The van der Waals surface area contributed by atoms with Crippen molar-refractivity contribution in [3.63, 3.8) is 0 Å². The summed E-state index contributed by atoms with van der Waals surface area (Å²) in [5, 5.41) is 1.83. The molecule has 0 aromatic carbocycles. The quantitative estimate of drug-likeness (QED) is 0.617. The van der Waals surface area contributed by atoms with Crippen LogP contribution in [0.1, 0.15) is 30.7 Å². The highest BCUT2D eigenvalue weighted by atomic mass is 32.2. The fourth-order valence-electron chi connectivity index (χ4n) is 3.46. The maximum Gasteiger partial charge on any atom is 0.190 e. The SMILES string of the molecule is CC[C@@]1(C)Cc2c(sc3nc(SCCN4CCOCC4)nc(N)c23)CO1. The number of nitrogen functional groups attached to an aromatic ring is 1. The normalized spacial score (nSPS) is 24.1. The highest BCUT2D eigenvalue weighted by Gasteiger charge is 2.33. The van der Waals surface area contributed by atoms with Crippen molar-refractivity contribution in [2.75, 3.05) is 44.3 Å². The summed E-state index contributed by atoms with van der Waals surface area (Å²) in [6.07, 6.45) is 1.87. The van der Waals surface area contributed by atoms with Gasteiger partial charge in [-0.05, 0) is 18.9 Å². The summed E-state index contributed by atoms with van der Waals surface area (Å²) in [5.74, 6) is 1.58. The van der Waals surface area contributed by atoms with Crippen molar-refractivity contribution >= 4 is 39.1 Å². The lowest BCUT2D eigenvalue weighted by molar-refractivity contribution is -0.0542. The lowest BCUT2D eigenvalue weighted by Gasteiger charge is -2.33. The predicted octanol–water partition coefficient (Wildman–Crippen LogP) is 2.94. The van der Waals surface area contributed by atoms with Crippen LogP contribution < -0.4 is 5.73 Å². The summed E-state index contributed by atoms with van der Waals surface area (Å²) in [7, 11) is 0. The minimum atomic E-state index is -0.112. The zero-order valence-electron chi connectivity index (χ0n) is 15.4. The largest absolute Gasteiger partial charge is 0.383 e. The maximum absolute atomic E-state index is 6.34. The Morgan fingerprint density at radius 3 is 2.88 bits per heavy atom. The van der Waals surface area contributed by atoms with Gasteiger partial charge in [-0.2, -0.15) is 0 Å². The van der Waals surface area contributed by atoms with E-state index in [0.717, 1.165) is 66.8 Å². The molecule has 0 radical (unpaired) electrons. The van der Waals surface area contributed by atoms with Crippen LogP contribution >= 0.6 is 23.1 Å².